The van der Waals surface area contributed by atoms with Crippen LogP contribution in [0.15, 0.2) is 189 Å². The fourth-order valence-corrected chi connectivity index (χ4v) is 8.29. The van der Waals surface area contributed by atoms with Crippen molar-refractivity contribution in [3.05, 3.63) is 205 Å². The van der Waals surface area contributed by atoms with Crippen molar-refractivity contribution in [2.24, 2.45) is 0 Å². The lowest BCUT2D eigenvalue weighted by Crippen LogP contribution is -2.14. The van der Waals surface area contributed by atoms with E-state index in [1.54, 1.807) is 0 Å². The molecule has 0 aromatic heterocycles. The molecule has 248 valence electrons. The van der Waals surface area contributed by atoms with Gasteiger partial charge in [-0.05, 0) is 91.4 Å². The highest BCUT2D eigenvalue weighted by atomic mass is 15.1. The van der Waals surface area contributed by atoms with Crippen molar-refractivity contribution in [3.63, 3.8) is 0 Å². The number of hydrogen-bond acceptors (Lipinski definition) is 1. The molecule has 0 unspecified atom stereocenters. The van der Waals surface area contributed by atoms with Crippen LogP contribution < -0.4 is 4.90 Å². The molecule has 0 saturated heterocycles. The van der Waals surface area contributed by atoms with Crippen molar-refractivity contribution in [3.8, 4) is 44.5 Å². The molecule has 0 atom stereocenters. The molecule has 0 amide bonds. The van der Waals surface area contributed by atoms with E-state index in [4.69, 9.17) is 0 Å². The number of benzene rings is 8. The number of anilines is 3. The van der Waals surface area contributed by atoms with Crippen LogP contribution in [0.4, 0.5) is 17.1 Å². The van der Waals surface area contributed by atoms with E-state index in [1.807, 2.05) is 6.08 Å². The third kappa shape index (κ3) is 5.17. The summed E-state index contributed by atoms with van der Waals surface area (Å²) in [5, 5.41) is 2.41. The number of rotatable bonds is 7. The zero-order valence-corrected chi connectivity index (χ0v) is 29.6. The van der Waals surface area contributed by atoms with Crippen LogP contribution in [0.25, 0.3) is 61.4 Å². The first-order valence-electron chi connectivity index (χ1n) is 18.1. The van der Waals surface area contributed by atoms with E-state index in [1.165, 1.54) is 66.4 Å². The molecular formula is C51H39N. The van der Waals surface area contributed by atoms with Gasteiger partial charge in [0.15, 0.2) is 0 Å². The SMILES string of the molecule is C=Cc1cccc(N(c2cccc(-c3ccccc3)c2)c2c(-c3ccccc3)cc(-c3cccc4c3-c3ccccc3C4(C)C)c3ccccc23)c1. The normalized spacial score (nSPS) is 12.7. The minimum Gasteiger partial charge on any atom is -0.309 e. The Bertz CT molecular complexity index is 2610. The molecule has 0 heterocycles. The average molecular weight is 666 g/mol. The summed E-state index contributed by atoms with van der Waals surface area (Å²) in [5.41, 5.74) is 16.9. The van der Waals surface area contributed by atoms with E-state index >= 15 is 0 Å². The van der Waals surface area contributed by atoms with Gasteiger partial charge in [-0.1, -0.05) is 178 Å². The standard InChI is InChI=1S/C51H39N/c1-4-35-18-15-24-39(32-35)52(40-25-16-23-38(33-40)36-19-7-5-8-20-36)50-43-27-12-11-26-41(43)46(34-45(50)37-21-9-6-10-22-37)42-29-17-31-48-49(42)44-28-13-14-30-47(44)51(48,2)3/h4-34H,1H2,2-3H3. The van der Waals surface area contributed by atoms with Crippen LogP contribution >= 0.6 is 0 Å². The van der Waals surface area contributed by atoms with Gasteiger partial charge in [-0.2, -0.15) is 0 Å². The van der Waals surface area contributed by atoms with Gasteiger partial charge in [0, 0.05) is 27.7 Å². The molecule has 52 heavy (non-hydrogen) atoms. The summed E-state index contributed by atoms with van der Waals surface area (Å²) in [5.74, 6) is 0. The van der Waals surface area contributed by atoms with Gasteiger partial charge >= 0.3 is 0 Å². The molecular weight excluding hydrogens is 627 g/mol. The third-order valence-electron chi connectivity index (χ3n) is 10.8. The van der Waals surface area contributed by atoms with Gasteiger partial charge in [0.05, 0.1) is 5.69 Å². The van der Waals surface area contributed by atoms with E-state index < -0.39 is 0 Å². The molecule has 1 aliphatic carbocycles. The summed E-state index contributed by atoms with van der Waals surface area (Å²) >= 11 is 0. The average Bonchev–Trinajstić information content (AvgIpc) is 3.45. The predicted octanol–water partition coefficient (Wildman–Crippen LogP) is 14.3. The van der Waals surface area contributed by atoms with Gasteiger partial charge < -0.3 is 4.90 Å². The minimum absolute atomic E-state index is 0.0866. The van der Waals surface area contributed by atoms with Crippen molar-refractivity contribution in [2.75, 3.05) is 4.90 Å². The molecule has 0 spiro atoms. The van der Waals surface area contributed by atoms with Gasteiger partial charge in [0.2, 0.25) is 0 Å². The van der Waals surface area contributed by atoms with Crippen LogP contribution in [0.3, 0.4) is 0 Å². The van der Waals surface area contributed by atoms with Crippen molar-refractivity contribution >= 4 is 33.9 Å². The van der Waals surface area contributed by atoms with E-state index in [0.29, 0.717) is 0 Å². The Morgan fingerprint density at radius 3 is 1.79 bits per heavy atom. The van der Waals surface area contributed by atoms with Crippen LogP contribution in [0.2, 0.25) is 0 Å². The van der Waals surface area contributed by atoms with E-state index in [9.17, 15) is 0 Å². The first-order chi connectivity index (χ1) is 25.5. The van der Waals surface area contributed by atoms with Gasteiger partial charge in [-0.3, -0.25) is 0 Å². The maximum Gasteiger partial charge on any atom is 0.0618 e. The molecule has 0 N–H and O–H groups in total. The predicted molar refractivity (Wildman–Crippen MR) is 223 cm³/mol. The first-order valence-corrected chi connectivity index (χ1v) is 18.1. The van der Waals surface area contributed by atoms with Crippen LogP contribution in [-0.2, 0) is 5.41 Å². The van der Waals surface area contributed by atoms with Crippen molar-refractivity contribution in [1.29, 1.82) is 0 Å². The molecule has 1 nitrogen and oxygen atoms in total. The fraction of sp³-hybridized carbons (Fsp3) is 0.0588. The monoisotopic (exact) mass is 665 g/mol. The zero-order valence-electron chi connectivity index (χ0n) is 29.6. The van der Waals surface area contributed by atoms with Gasteiger partial charge in [0.1, 0.15) is 0 Å². The quantitative estimate of drug-likeness (QED) is 0.164. The molecule has 1 heteroatoms. The smallest absolute Gasteiger partial charge is 0.0618 e. The lowest BCUT2D eigenvalue weighted by molar-refractivity contribution is 0.660. The molecule has 9 rings (SSSR count). The highest BCUT2D eigenvalue weighted by Gasteiger charge is 2.37. The second kappa shape index (κ2) is 12.7. The third-order valence-corrected chi connectivity index (χ3v) is 10.8. The Labute approximate surface area is 306 Å². The molecule has 0 aliphatic heterocycles. The van der Waals surface area contributed by atoms with Crippen molar-refractivity contribution < 1.29 is 0 Å². The fourth-order valence-electron chi connectivity index (χ4n) is 8.29. The topological polar surface area (TPSA) is 3.24 Å². The summed E-state index contributed by atoms with van der Waals surface area (Å²) in [4.78, 5) is 2.45. The highest BCUT2D eigenvalue weighted by molar-refractivity contribution is 6.14. The van der Waals surface area contributed by atoms with Gasteiger partial charge in [-0.25, -0.2) is 0 Å². The number of nitrogens with zero attached hydrogens (tertiary/aromatic N) is 1. The van der Waals surface area contributed by atoms with Crippen LogP contribution in [0.1, 0.15) is 30.5 Å². The molecule has 8 aromatic carbocycles. The number of fused-ring (bicyclic) bond motifs is 4. The Kier molecular flexibility index (Phi) is 7.71. The lowest BCUT2D eigenvalue weighted by atomic mass is 9.81. The highest BCUT2D eigenvalue weighted by Crippen LogP contribution is 2.55. The summed E-state index contributed by atoms with van der Waals surface area (Å²) < 4.78 is 0. The Balaban J connectivity index is 1.38. The largest absolute Gasteiger partial charge is 0.309 e. The number of hydrogen-bond donors (Lipinski definition) is 0. The van der Waals surface area contributed by atoms with Crippen LogP contribution in [0.5, 0.6) is 0 Å². The van der Waals surface area contributed by atoms with Crippen molar-refractivity contribution in [2.45, 2.75) is 19.3 Å². The molecule has 0 saturated carbocycles. The maximum absolute atomic E-state index is 4.13. The first kappa shape index (κ1) is 31.5. The summed E-state index contributed by atoms with van der Waals surface area (Å²) in [6.45, 7) is 8.84. The van der Waals surface area contributed by atoms with Crippen molar-refractivity contribution in [1.82, 2.24) is 0 Å². The molecule has 0 fully saturated rings. The van der Waals surface area contributed by atoms with Crippen LogP contribution in [0, 0.1) is 0 Å². The Morgan fingerprint density at radius 2 is 1.02 bits per heavy atom. The second-order valence-corrected chi connectivity index (χ2v) is 14.2. The van der Waals surface area contributed by atoms with Gasteiger partial charge in [-0.15, -0.1) is 0 Å². The Morgan fingerprint density at radius 1 is 0.442 bits per heavy atom. The summed E-state index contributed by atoms with van der Waals surface area (Å²) in [7, 11) is 0. The molecule has 8 aromatic rings. The zero-order chi connectivity index (χ0) is 35.2. The molecule has 0 bridgehead atoms. The van der Waals surface area contributed by atoms with E-state index in [-0.39, 0.29) is 5.41 Å². The summed E-state index contributed by atoms with van der Waals surface area (Å²) in [6.07, 6.45) is 1.93. The Hall–Kier alpha value is -6.44. The van der Waals surface area contributed by atoms with E-state index in [2.05, 4.69) is 207 Å². The second-order valence-electron chi connectivity index (χ2n) is 14.2. The molecule has 1 aliphatic rings. The van der Waals surface area contributed by atoms with Gasteiger partial charge in [0.25, 0.3) is 0 Å². The summed E-state index contributed by atoms with van der Waals surface area (Å²) in [6, 6.07) is 66.4. The minimum atomic E-state index is -0.0866. The molecule has 0 radical (unpaired) electrons. The lowest BCUT2D eigenvalue weighted by Gasteiger charge is -2.31. The van der Waals surface area contributed by atoms with E-state index in [0.717, 1.165) is 22.6 Å². The maximum atomic E-state index is 4.13. The van der Waals surface area contributed by atoms with Crippen LogP contribution in [-0.4, -0.2) is 0 Å².